The number of hydrogen-bond donors (Lipinski definition) is 0. The largest absolute Gasteiger partial charge is 0.342 e. The first kappa shape index (κ1) is 15.5. The molecular weight excluding hydrogens is 318 g/mol. The third-order valence-corrected chi connectivity index (χ3v) is 4.07. The Morgan fingerprint density at radius 2 is 1.91 bits per heavy atom. The van der Waals surface area contributed by atoms with E-state index in [1.807, 2.05) is 0 Å². The summed E-state index contributed by atoms with van der Waals surface area (Å²) in [7, 11) is 3.33. The van der Waals surface area contributed by atoms with Crippen LogP contribution in [0.15, 0.2) is 24.3 Å². The molecule has 0 radical (unpaired) electrons. The maximum atomic E-state index is 12.6. The Hall–Kier alpha value is -2.41. The average molecular weight is 334 g/mol. The van der Waals surface area contributed by atoms with Crippen molar-refractivity contribution in [1.82, 2.24) is 24.6 Å². The van der Waals surface area contributed by atoms with Gasteiger partial charge in [0.2, 0.25) is 5.82 Å². The molecule has 8 heteroatoms. The number of carbonyl (C=O) groups is 2. The topological polar surface area (TPSA) is 71.3 Å². The number of halogens is 1. The van der Waals surface area contributed by atoms with Gasteiger partial charge in [0.05, 0.1) is 17.1 Å². The van der Waals surface area contributed by atoms with Crippen molar-refractivity contribution in [3.8, 4) is 0 Å². The van der Waals surface area contributed by atoms with Crippen molar-refractivity contribution in [1.29, 1.82) is 0 Å². The molecule has 0 bridgehead atoms. The molecular formula is C15H16ClN5O2. The lowest BCUT2D eigenvalue weighted by Crippen LogP contribution is -2.39. The Balaban J connectivity index is 1.83. The molecule has 3 rings (SSSR count). The van der Waals surface area contributed by atoms with Gasteiger partial charge in [0.1, 0.15) is 0 Å². The van der Waals surface area contributed by atoms with Crippen LogP contribution in [-0.2, 0) is 13.1 Å². The molecule has 0 N–H and O–H groups in total. The fourth-order valence-corrected chi connectivity index (χ4v) is 2.71. The summed E-state index contributed by atoms with van der Waals surface area (Å²) in [5, 5.41) is 8.43. The third kappa shape index (κ3) is 2.79. The van der Waals surface area contributed by atoms with E-state index < -0.39 is 0 Å². The molecule has 1 aromatic carbocycles. The van der Waals surface area contributed by atoms with E-state index in [4.69, 9.17) is 11.6 Å². The van der Waals surface area contributed by atoms with Gasteiger partial charge < -0.3 is 14.4 Å². The van der Waals surface area contributed by atoms with Gasteiger partial charge in [-0.05, 0) is 12.1 Å². The zero-order valence-electron chi connectivity index (χ0n) is 12.9. The standard InChI is InChI=1S/C15H16ClN5O2/c1-19(2)15(23)13-18-17-12-9-20(7-8-21(12)13)14(22)10-5-3-4-6-11(10)16/h3-6H,7-9H2,1-2H3. The first-order valence-electron chi connectivity index (χ1n) is 7.16. The maximum Gasteiger partial charge on any atom is 0.291 e. The van der Waals surface area contributed by atoms with E-state index in [1.165, 1.54) is 4.90 Å². The number of carbonyl (C=O) groups excluding carboxylic acids is 2. The van der Waals surface area contributed by atoms with Gasteiger partial charge >= 0.3 is 0 Å². The van der Waals surface area contributed by atoms with Crippen LogP contribution in [0.2, 0.25) is 5.02 Å². The van der Waals surface area contributed by atoms with Crippen LogP contribution >= 0.6 is 11.6 Å². The number of amides is 2. The van der Waals surface area contributed by atoms with Crippen molar-refractivity contribution < 1.29 is 9.59 Å². The Labute approximate surface area is 138 Å². The van der Waals surface area contributed by atoms with E-state index in [9.17, 15) is 9.59 Å². The lowest BCUT2D eigenvalue weighted by Gasteiger charge is -2.28. The monoisotopic (exact) mass is 333 g/mol. The van der Waals surface area contributed by atoms with E-state index in [0.29, 0.717) is 41.9 Å². The normalized spacial score (nSPS) is 13.6. The average Bonchev–Trinajstić information content (AvgIpc) is 2.96. The Kier molecular flexibility index (Phi) is 4.04. The summed E-state index contributed by atoms with van der Waals surface area (Å²) in [6, 6.07) is 6.95. The fourth-order valence-electron chi connectivity index (χ4n) is 2.49. The van der Waals surface area contributed by atoms with Crippen molar-refractivity contribution in [3.63, 3.8) is 0 Å². The van der Waals surface area contributed by atoms with Crippen molar-refractivity contribution in [2.24, 2.45) is 0 Å². The third-order valence-electron chi connectivity index (χ3n) is 3.74. The van der Waals surface area contributed by atoms with Crippen molar-refractivity contribution in [2.45, 2.75) is 13.1 Å². The van der Waals surface area contributed by atoms with Gasteiger partial charge in [-0.15, -0.1) is 10.2 Å². The summed E-state index contributed by atoms with van der Waals surface area (Å²) >= 11 is 6.09. The van der Waals surface area contributed by atoms with Gasteiger partial charge in [0.25, 0.3) is 11.8 Å². The Morgan fingerprint density at radius 3 is 2.61 bits per heavy atom. The van der Waals surface area contributed by atoms with Crippen LogP contribution in [0.4, 0.5) is 0 Å². The van der Waals surface area contributed by atoms with Crippen molar-refractivity contribution >= 4 is 23.4 Å². The number of rotatable bonds is 2. The summed E-state index contributed by atoms with van der Waals surface area (Å²) in [5.41, 5.74) is 0.465. The summed E-state index contributed by atoms with van der Waals surface area (Å²) in [5.74, 6) is 0.552. The molecule has 23 heavy (non-hydrogen) atoms. The highest BCUT2D eigenvalue weighted by atomic mass is 35.5. The molecule has 0 saturated carbocycles. The van der Waals surface area contributed by atoms with Crippen LogP contribution in [0.5, 0.6) is 0 Å². The van der Waals surface area contributed by atoms with Gasteiger partial charge in [-0.25, -0.2) is 0 Å². The number of fused-ring (bicyclic) bond motifs is 1. The number of nitrogens with zero attached hydrogens (tertiary/aromatic N) is 5. The molecule has 0 spiro atoms. The van der Waals surface area contributed by atoms with Crippen LogP contribution < -0.4 is 0 Å². The molecule has 1 aromatic heterocycles. The molecule has 2 amide bonds. The van der Waals surface area contributed by atoms with Gasteiger partial charge in [0, 0.05) is 27.2 Å². The van der Waals surface area contributed by atoms with E-state index in [0.717, 1.165) is 0 Å². The van der Waals surface area contributed by atoms with Gasteiger partial charge in [-0.1, -0.05) is 23.7 Å². The lowest BCUT2D eigenvalue weighted by molar-refractivity contribution is 0.0703. The summed E-state index contributed by atoms with van der Waals surface area (Å²) in [6.45, 7) is 1.26. The molecule has 2 heterocycles. The first-order valence-corrected chi connectivity index (χ1v) is 7.54. The molecule has 0 unspecified atom stereocenters. The quantitative estimate of drug-likeness (QED) is 0.830. The highest BCUT2D eigenvalue weighted by molar-refractivity contribution is 6.33. The smallest absolute Gasteiger partial charge is 0.291 e. The van der Waals surface area contributed by atoms with Crippen LogP contribution in [0.1, 0.15) is 26.8 Å². The van der Waals surface area contributed by atoms with Gasteiger partial charge in [-0.3, -0.25) is 9.59 Å². The van der Waals surface area contributed by atoms with E-state index in [2.05, 4.69) is 10.2 Å². The van der Waals surface area contributed by atoms with Crippen molar-refractivity contribution in [2.75, 3.05) is 20.6 Å². The molecule has 1 aliphatic rings. The minimum Gasteiger partial charge on any atom is -0.342 e. The second-order valence-corrected chi connectivity index (χ2v) is 5.90. The number of hydrogen-bond acceptors (Lipinski definition) is 4. The second kappa shape index (κ2) is 6.00. The SMILES string of the molecule is CN(C)C(=O)c1nnc2n1CCN(C(=O)c1ccccc1Cl)C2. The van der Waals surface area contributed by atoms with Crippen LogP contribution in [0.3, 0.4) is 0 Å². The second-order valence-electron chi connectivity index (χ2n) is 5.50. The number of benzene rings is 1. The molecule has 7 nitrogen and oxygen atoms in total. The summed E-state index contributed by atoms with van der Waals surface area (Å²) in [4.78, 5) is 27.8. The molecule has 120 valence electrons. The number of aromatic nitrogens is 3. The predicted octanol–water partition coefficient (Wildman–Crippen LogP) is 1.29. The Bertz CT molecular complexity index is 771. The van der Waals surface area contributed by atoms with Crippen LogP contribution in [0.25, 0.3) is 0 Å². The van der Waals surface area contributed by atoms with E-state index >= 15 is 0 Å². The molecule has 0 fully saturated rings. The predicted molar refractivity (Wildman–Crippen MR) is 84.2 cm³/mol. The summed E-state index contributed by atoms with van der Waals surface area (Å²) < 4.78 is 1.76. The molecule has 0 saturated heterocycles. The zero-order valence-corrected chi connectivity index (χ0v) is 13.6. The highest BCUT2D eigenvalue weighted by Gasteiger charge is 2.28. The maximum absolute atomic E-state index is 12.6. The highest BCUT2D eigenvalue weighted by Crippen LogP contribution is 2.20. The minimum atomic E-state index is -0.199. The first-order chi connectivity index (χ1) is 11.0. The van der Waals surface area contributed by atoms with E-state index in [-0.39, 0.29) is 11.8 Å². The lowest BCUT2D eigenvalue weighted by atomic mass is 10.2. The Morgan fingerprint density at radius 1 is 1.17 bits per heavy atom. The van der Waals surface area contributed by atoms with Crippen molar-refractivity contribution in [3.05, 3.63) is 46.5 Å². The molecule has 1 aliphatic heterocycles. The van der Waals surface area contributed by atoms with Gasteiger partial charge in [-0.2, -0.15) is 0 Å². The molecule has 0 aliphatic carbocycles. The van der Waals surface area contributed by atoms with E-state index in [1.54, 1.807) is 47.8 Å². The fraction of sp³-hybridized carbons (Fsp3) is 0.333. The zero-order chi connectivity index (χ0) is 16.6. The molecule has 2 aromatic rings. The van der Waals surface area contributed by atoms with Crippen LogP contribution in [0, 0.1) is 0 Å². The minimum absolute atomic E-state index is 0.148. The summed E-state index contributed by atoms with van der Waals surface area (Å²) in [6.07, 6.45) is 0. The van der Waals surface area contributed by atoms with Gasteiger partial charge in [0.15, 0.2) is 5.82 Å². The molecule has 0 atom stereocenters. The van der Waals surface area contributed by atoms with Crippen LogP contribution in [-0.4, -0.2) is 57.0 Å².